The van der Waals surface area contributed by atoms with Crippen molar-refractivity contribution in [2.24, 2.45) is 0 Å². The molecular formula is C45H27N3OS. The molecule has 0 saturated heterocycles. The van der Waals surface area contributed by atoms with Gasteiger partial charge in [0.05, 0.1) is 0 Å². The van der Waals surface area contributed by atoms with Gasteiger partial charge in [0.1, 0.15) is 11.2 Å². The highest BCUT2D eigenvalue weighted by Gasteiger charge is 2.20. The van der Waals surface area contributed by atoms with E-state index >= 15 is 0 Å². The minimum Gasteiger partial charge on any atom is -0.456 e. The van der Waals surface area contributed by atoms with Gasteiger partial charge in [0.15, 0.2) is 17.5 Å². The van der Waals surface area contributed by atoms with Gasteiger partial charge < -0.3 is 4.42 Å². The van der Waals surface area contributed by atoms with Crippen molar-refractivity contribution in [1.82, 2.24) is 15.0 Å². The van der Waals surface area contributed by atoms with Crippen molar-refractivity contribution < 1.29 is 4.42 Å². The van der Waals surface area contributed by atoms with Crippen molar-refractivity contribution in [1.29, 1.82) is 0 Å². The normalized spacial score (nSPS) is 11.6. The molecule has 0 saturated carbocycles. The number of furan rings is 1. The third kappa shape index (κ3) is 4.71. The smallest absolute Gasteiger partial charge is 0.164 e. The van der Waals surface area contributed by atoms with Crippen LogP contribution in [0.5, 0.6) is 0 Å². The van der Waals surface area contributed by atoms with Crippen molar-refractivity contribution in [3.8, 4) is 56.4 Å². The molecule has 0 aliphatic rings. The van der Waals surface area contributed by atoms with E-state index in [1.165, 1.54) is 25.7 Å². The molecule has 10 rings (SSSR count). The molecule has 3 heterocycles. The molecule has 234 valence electrons. The lowest BCUT2D eigenvalue weighted by atomic mass is 9.89. The maximum Gasteiger partial charge on any atom is 0.164 e. The third-order valence-corrected chi connectivity index (χ3v) is 10.6. The highest BCUT2D eigenvalue weighted by Crippen LogP contribution is 2.46. The van der Waals surface area contributed by atoms with Crippen molar-refractivity contribution in [3.05, 3.63) is 164 Å². The average molecular weight is 658 g/mol. The van der Waals surface area contributed by atoms with Crippen molar-refractivity contribution in [2.45, 2.75) is 0 Å². The van der Waals surface area contributed by atoms with E-state index in [1.54, 1.807) is 0 Å². The van der Waals surface area contributed by atoms with E-state index in [-0.39, 0.29) is 0 Å². The molecule has 0 amide bonds. The first-order valence-electron chi connectivity index (χ1n) is 16.6. The Morgan fingerprint density at radius 3 is 1.72 bits per heavy atom. The zero-order valence-corrected chi connectivity index (χ0v) is 27.6. The zero-order chi connectivity index (χ0) is 33.0. The summed E-state index contributed by atoms with van der Waals surface area (Å²) in [6.45, 7) is 0. The molecule has 10 aromatic rings. The third-order valence-electron chi connectivity index (χ3n) is 9.36. The van der Waals surface area contributed by atoms with Crippen LogP contribution in [0.4, 0.5) is 0 Å². The quantitative estimate of drug-likeness (QED) is 0.185. The largest absolute Gasteiger partial charge is 0.456 e. The molecule has 0 aliphatic heterocycles. The van der Waals surface area contributed by atoms with Gasteiger partial charge in [-0.25, -0.2) is 15.0 Å². The Morgan fingerprint density at radius 2 is 0.960 bits per heavy atom. The molecule has 0 N–H and O–H groups in total. The minimum atomic E-state index is 0.620. The summed E-state index contributed by atoms with van der Waals surface area (Å²) in [7, 11) is 0. The molecule has 7 aromatic carbocycles. The molecule has 0 atom stereocenters. The van der Waals surface area contributed by atoms with Gasteiger partial charge >= 0.3 is 0 Å². The van der Waals surface area contributed by atoms with E-state index in [9.17, 15) is 0 Å². The summed E-state index contributed by atoms with van der Waals surface area (Å²) < 4.78 is 8.93. The molecule has 0 bridgehead atoms. The first-order valence-corrected chi connectivity index (χ1v) is 17.4. The number of benzene rings is 7. The van der Waals surface area contributed by atoms with Crippen LogP contribution < -0.4 is 0 Å². The molecule has 5 heteroatoms. The Balaban J connectivity index is 1.26. The lowest BCUT2D eigenvalue weighted by Crippen LogP contribution is -2.00. The van der Waals surface area contributed by atoms with E-state index in [2.05, 4.69) is 91.0 Å². The van der Waals surface area contributed by atoms with Gasteiger partial charge in [0.2, 0.25) is 0 Å². The standard InChI is InChI=1S/C45H27N3OS/c1-3-13-28(14-4-1)43-46-44(29-15-5-2-6-16-29)48-45(47-43)30-25-26-31(34-20-11-21-35-32-17-8-10-24-40(32)50-42(34)35)37(27-30)33-19-12-23-39-41(33)36-18-7-9-22-38(36)49-39/h1-27H. The van der Waals surface area contributed by atoms with Crippen LogP contribution >= 0.6 is 11.3 Å². The molecule has 50 heavy (non-hydrogen) atoms. The summed E-state index contributed by atoms with van der Waals surface area (Å²) in [4.78, 5) is 15.1. The predicted octanol–water partition coefficient (Wildman–Crippen LogP) is 12.5. The summed E-state index contributed by atoms with van der Waals surface area (Å²) in [5, 5.41) is 4.73. The van der Waals surface area contributed by atoms with Gasteiger partial charge in [-0.2, -0.15) is 0 Å². The van der Waals surface area contributed by atoms with Crippen LogP contribution in [-0.2, 0) is 0 Å². The molecular weight excluding hydrogens is 631 g/mol. The first kappa shape index (κ1) is 28.6. The zero-order valence-electron chi connectivity index (χ0n) is 26.7. The van der Waals surface area contributed by atoms with E-state index in [0.29, 0.717) is 17.5 Å². The number of thiophene rings is 1. The van der Waals surface area contributed by atoms with E-state index < -0.39 is 0 Å². The number of hydrogen-bond donors (Lipinski definition) is 0. The van der Waals surface area contributed by atoms with Crippen molar-refractivity contribution in [2.75, 3.05) is 0 Å². The lowest BCUT2D eigenvalue weighted by Gasteiger charge is -2.15. The summed E-state index contributed by atoms with van der Waals surface area (Å²) in [6, 6.07) is 56.8. The summed E-state index contributed by atoms with van der Waals surface area (Å²) in [6.07, 6.45) is 0. The Bertz CT molecular complexity index is 2820. The Morgan fingerprint density at radius 1 is 0.380 bits per heavy atom. The Labute approximate surface area is 292 Å². The van der Waals surface area contributed by atoms with Gasteiger partial charge in [0, 0.05) is 53.2 Å². The molecule has 0 unspecified atom stereocenters. The second-order valence-electron chi connectivity index (χ2n) is 12.4. The van der Waals surface area contributed by atoms with Crippen LogP contribution in [0, 0.1) is 0 Å². The highest BCUT2D eigenvalue weighted by molar-refractivity contribution is 7.26. The van der Waals surface area contributed by atoms with Gasteiger partial charge in [-0.1, -0.05) is 140 Å². The fourth-order valence-electron chi connectivity index (χ4n) is 7.04. The van der Waals surface area contributed by atoms with Gasteiger partial charge in [-0.3, -0.25) is 0 Å². The van der Waals surface area contributed by atoms with Crippen molar-refractivity contribution in [3.63, 3.8) is 0 Å². The maximum absolute atomic E-state index is 6.38. The van der Waals surface area contributed by atoms with Gasteiger partial charge in [0.25, 0.3) is 0 Å². The van der Waals surface area contributed by atoms with Crippen LogP contribution in [-0.4, -0.2) is 15.0 Å². The molecule has 3 aromatic heterocycles. The SMILES string of the molecule is c1ccc(-c2nc(-c3ccccc3)nc(-c3ccc(-c4cccc5c4sc4ccccc45)c(-c4cccc5oc6ccccc6c45)c3)n2)cc1. The van der Waals surface area contributed by atoms with Crippen LogP contribution in [0.2, 0.25) is 0 Å². The van der Waals surface area contributed by atoms with E-state index in [4.69, 9.17) is 19.4 Å². The predicted molar refractivity (Wildman–Crippen MR) is 207 cm³/mol. The number of hydrogen-bond acceptors (Lipinski definition) is 5. The van der Waals surface area contributed by atoms with Crippen LogP contribution in [0.25, 0.3) is 98.5 Å². The number of para-hydroxylation sites is 1. The summed E-state index contributed by atoms with van der Waals surface area (Å²) in [5.41, 5.74) is 9.05. The van der Waals surface area contributed by atoms with Crippen molar-refractivity contribution >= 4 is 53.4 Å². The maximum atomic E-state index is 6.38. The number of rotatable bonds is 5. The topological polar surface area (TPSA) is 51.8 Å². The van der Waals surface area contributed by atoms with Crippen LogP contribution in [0.1, 0.15) is 0 Å². The Hall–Kier alpha value is -6.43. The summed E-state index contributed by atoms with van der Waals surface area (Å²) >= 11 is 1.84. The summed E-state index contributed by atoms with van der Waals surface area (Å²) in [5.74, 6) is 1.89. The monoisotopic (exact) mass is 657 g/mol. The first-order chi connectivity index (χ1) is 24.8. The number of aromatic nitrogens is 3. The van der Waals surface area contributed by atoms with Crippen LogP contribution in [0.15, 0.2) is 168 Å². The minimum absolute atomic E-state index is 0.620. The molecule has 0 aliphatic carbocycles. The van der Waals surface area contributed by atoms with E-state index in [1.807, 2.05) is 84.1 Å². The second-order valence-corrected chi connectivity index (χ2v) is 13.4. The fourth-order valence-corrected chi connectivity index (χ4v) is 8.27. The van der Waals surface area contributed by atoms with E-state index in [0.717, 1.165) is 55.3 Å². The molecule has 0 radical (unpaired) electrons. The molecule has 4 nitrogen and oxygen atoms in total. The molecule has 0 spiro atoms. The van der Waals surface area contributed by atoms with Crippen LogP contribution in [0.3, 0.4) is 0 Å². The highest BCUT2D eigenvalue weighted by atomic mass is 32.1. The fraction of sp³-hybridized carbons (Fsp3) is 0. The molecule has 0 fully saturated rings. The Kier molecular flexibility index (Phi) is 6.64. The average Bonchev–Trinajstić information content (AvgIpc) is 3.77. The van der Waals surface area contributed by atoms with Gasteiger partial charge in [-0.05, 0) is 41.0 Å². The van der Waals surface area contributed by atoms with Gasteiger partial charge in [-0.15, -0.1) is 11.3 Å². The lowest BCUT2D eigenvalue weighted by molar-refractivity contribution is 0.669. The number of fused-ring (bicyclic) bond motifs is 6. The number of nitrogens with zero attached hydrogens (tertiary/aromatic N) is 3. The second kappa shape index (κ2) is 11.6.